The molecule has 0 bridgehead atoms. The zero-order chi connectivity index (χ0) is 15.1. The van der Waals surface area contributed by atoms with Crippen LogP contribution in [0.15, 0.2) is 18.2 Å². The van der Waals surface area contributed by atoms with E-state index in [1.807, 2.05) is 12.3 Å². The zero-order valence-electron chi connectivity index (χ0n) is 11.3. The average molecular weight is 283 g/mol. The Morgan fingerprint density at radius 2 is 2.25 bits per heavy atom. The Hall–Kier alpha value is -2.35. The minimum absolute atomic E-state index is 0.0311. The molecule has 0 aliphatic rings. The van der Waals surface area contributed by atoms with Gasteiger partial charge < -0.3 is 9.47 Å². The lowest BCUT2D eigenvalue weighted by molar-refractivity contribution is -0.386. The van der Waals surface area contributed by atoms with Crippen LogP contribution in [-0.2, 0) is 4.79 Å². The Balaban J connectivity index is 3.08. The molecule has 8 heteroatoms. The molecule has 0 heterocycles. The maximum atomic E-state index is 11.6. The molecule has 20 heavy (non-hydrogen) atoms. The summed E-state index contributed by atoms with van der Waals surface area (Å²) in [7, 11) is 1.43. The van der Waals surface area contributed by atoms with E-state index >= 15 is 0 Å². The van der Waals surface area contributed by atoms with Gasteiger partial charge in [0.15, 0.2) is 6.10 Å². The van der Waals surface area contributed by atoms with Gasteiger partial charge in [-0.2, -0.15) is 0 Å². The Kier molecular flexibility index (Phi) is 5.73. The first-order chi connectivity index (χ1) is 9.53. The van der Waals surface area contributed by atoms with Gasteiger partial charge in [-0.05, 0) is 12.5 Å². The summed E-state index contributed by atoms with van der Waals surface area (Å²) in [5.41, 5.74) is 1.74. The summed E-state index contributed by atoms with van der Waals surface area (Å²) >= 11 is 0. The topological polar surface area (TPSA) is 117 Å². The number of hydrogen-bond acceptors (Lipinski definition) is 6. The van der Waals surface area contributed by atoms with Gasteiger partial charge in [-0.1, -0.05) is 13.3 Å². The first-order valence-electron chi connectivity index (χ1n) is 6.03. The highest BCUT2D eigenvalue weighted by molar-refractivity contribution is 5.80. The highest BCUT2D eigenvalue weighted by Crippen LogP contribution is 2.32. The van der Waals surface area contributed by atoms with Crippen molar-refractivity contribution in [2.24, 2.45) is 5.84 Å². The molecule has 3 N–H and O–H groups in total. The van der Waals surface area contributed by atoms with Crippen molar-refractivity contribution in [2.75, 3.05) is 7.11 Å². The maximum Gasteiger partial charge on any atom is 0.311 e. The standard InChI is InChI=1S/C12H17N3O5/c1-3-4-10(12(16)14-13)20-11-7-8(19-2)5-6-9(11)15(17)18/h5-7,10H,3-4,13H2,1-2H3,(H,14,16). The van der Waals surface area contributed by atoms with Crippen LogP contribution >= 0.6 is 0 Å². The highest BCUT2D eigenvalue weighted by atomic mass is 16.6. The van der Waals surface area contributed by atoms with Crippen molar-refractivity contribution >= 4 is 11.6 Å². The average Bonchev–Trinajstić information content (AvgIpc) is 2.45. The lowest BCUT2D eigenvalue weighted by Gasteiger charge is -2.17. The summed E-state index contributed by atoms with van der Waals surface area (Å²) in [6.45, 7) is 1.86. The smallest absolute Gasteiger partial charge is 0.311 e. The molecule has 1 atom stereocenters. The van der Waals surface area contributed by atoms with E-state index in [2.05, 4.69) is 0 Å². The Morgan fingerprint density at radius 1 is 1.55 bits per heavy atom. The molecule has 1 rings (SSSR count). The van der Waals surface area contributed by atoms with Crippen LogP contribution in [-0.4, -0.2) is 24.0 Å². The first kappa shape index (κ1) is 15.7. The van der Waals surface area contributed by atoms with Crippen LogP contribution in [0.4, 0.5) is 5.69 Å². The number of benzene rings is 1. The molecule has 0 radical (unpaired) electrons. The van der Waals surface area contributed by atoms with Crippen LogP contribution in [0.3, 0.4) is 0 Å². The molecule has 1 aromatic rings. The molecule has 110 valence electrons. The van der Waals surface area contributed by atoms with Crippen molar-refractivity contribution in [1.29, 1.82) is 0 Å². The molecule has 1 aromatic carbocycles. The van der Waals surface area contributed by atoms with Crippen molar-refractivity contribution < 1.29 is 19.2 Å². The van der Waals surface area contributed by atoms with Gasteiger partial charge in [0.05, 0.1) is 12.0 Å². The van der Waals surface area contributed by atoms with Crippen molar-refractivity contribution in [3.63, 3.8) is 0 Å². The number of nitrogens with two attached hydrogens (primary N) is 1. The SMILES string of the molecule is CCCC(Oc1cc(OC)ccc1[N+](=O)[O-])C(=O)NN. The van der Waals surface area contributed by atoms with Crippen molar-refractivity contribution in [1.82, 2.24) is 5.43 Å². The summed E-state index contributed by atoms with van der Waals surface area (Å²) in [5, 5.41) is 11.0. The quantitative estimate of drug-likeness (QED) is 0.335. The monoisotopic (exact) mass is 283 g/mol. The van der Waals surface area contributed by atoms with E-state index in [1.165, 1.54) is 25.3 Å². The number of rotatable bonds is 7. The van der Waals surface area contributed by atoms with Gasteiger partial charge in [0.25, 0.3) is 5.91 Å². The van der Waals surface area contributed by atoms with E-state index in [-0.39, 0.29) is 11.4 Å². The van der Waals surface area contributed by atoms with Gasteiger partial charge in [0.2, 0.25) is 5.75 Å². The fourth-order valence-electron chi connectivity index (χ4n) is 1.62. The third-order valence-corrected chi connectivity index (χ3v) is 2.62. The predicted octanol–water partition coefficient (Wildman–Crippen LogP) is 1.14. The van der Waals surface area contributed by atoms with Gasteiger partial charge in [-0.25, -0.2) is 5.84 Å². The number of nitro benzene ring substituents is 1. The minimum Gasteiger partial charge on any atom is -0.497 e. The summed E-state index contributed by atoms with van der Waals surface area (Å²) in [6.07, 6.45) is 0.156. The van der Waals surface area contributed by atoms with E-state index in [1.54, 1.807) is 0 Å². The van der Waals surface area contributed by atoms with Crippen LogP contribution < -0.4 is 20.7 Å². The maximum absolute atomic E-state index is 11.6. The molecule has 0 aliphatic heterocycles. The number of carbonyl (C=O) groups is 1. The summed E-state index contributed by atoms with van der Waals surface area (Å²) in [5.74, 6) is 4.90. The lowest BCUT2D eigenvalue weighted by atomic mass is 10.2. The Morgan fingerprint density at radius 3 is 2.75 bits per heavy atom. The van der Waals surface area contributed by atoms with Crippen LogP contribution in [0.1, 0.15) is 19.8 Å². The van der Waals surface area contributed by atoms with Gasteiger partial charge in [0, 0.05) is 12.1 Å². The van der Waals surface area contributed by atoms with E-state index in [0.717, 1.165) is 0 Å². The second kappa shape index (κ2) is 7.29. The molecular formula is C12H17N3O5. The van der Waals surface area contributed by atoms with Crippen molar-refractivity contribution in [3.05, 3.63) is 28.3 Å². The fraction of sp³-hybridized carbons (Fsp3) is 0.417. The number of hydrazine groups is 1. The molecule has 0 aromatic heterocycles. The largest absolute Gasteiger partial charge is 0.497 e. The van der Waals surface area contributed by atoms with Crippen molar-refractivity contribution in [3.8, 4) is 11.5 Å². The van der Waals surface area contributed by atoms with Crippen LogP contribution in [0.2, 0.25) is 0 Å². The third-order valence-electron chi connectivity index (χ3n) is 2.62. The van der Waals surface area contributed by atoms with Crippen LogP contribution in [0.25, 0.3) is 0 Å². The molecule has 0 saturated heterocycles. The normalized spacial score (nSPS) is 11.6. The van der Waals surface area contributed by atoms with E-state index in [4.69, 9.17) is 15.3 Å². The second-order valence-corrected chi connectivity index (χ2v) is 3.99. The van der Waals surface area contributed by atoms with Crippen LogP contribution in [0, 0.1) is 10.1 Å². The summed E-state index contributed by atoms with van der Waals surface area (Å²) in [4.78, 5) is 22.0. The lowest BCUT2D eigenvalue weighted by Crippen LogP contribution is -2.42. The van der Waals surface area contributed by atoms with E-state index < -0.39 is 16.9 Å². The first-order valence-corrected chi connectivity index (χ1v) is 6.03. The number of nitrogens with zero attached hydrogens (tertiary/aromatic N) is 1. The number of amides is 1. The molecule has 0 aliphatic carbocycles. The summed E-state index contributed by atoms with van der Waals surface area (Å²) < 4.78 is 10.4. The molecule has 0 saturated carbocycles. The molecular weight excluding hydrogens is 266 g/mol. The molecule has 1 unspecified atom stereocenters. The van der Waals surface area contributed by atoms with E-state index in [0.29, 0.717) is 18.6 Å². The number of methoxy groups -OCH3 is 1. The van der Waals surface area contributed by atoms with Gasteiger partial charge in [-0.3, -0.25) is 20.3 Å². The number of carbonyl (C=O) groups excluding carboxylic acids is 1. The number of ether oxygens (including phenoxy) is 2. The number of hydrogen-bond donors (Lipinski definition) is 2. The molecule has 0 spiro atoms. The van der Waals surface area contributed by atoms with Crippen LogP contribution in [0.5, 0.6) is 11.5 Å². The second-order valence-electron chi connectivity index (χ2n) is 3.99. The van der Waals surface area contributed by atoms with Gasteiger partial charge in [-0.15, -0.1) is 0 Å². The van der Waals surface area contributed by atoms with E-state index in [9.17, 15) is 14.9 Å². The number of nitrogens with one attached hydrogen (secondary N) is 1. The number of nitro groups is 1. The fourth-order valence-corrected chi connectivity index (χ4v) is 1.62. The van der Waals surface area contributed by atoms with Gasteiger partial charge >= 0.3 is 5.69 Å². The third kappa shape index (κ3) is 3.82. The Labute approximate surface area is 116 Å². The molecule has 0 fully saturated rings. The van der Waals surface area contributed by atoms with Gasteiger partial charge in [0.1, 0.15) is 5.75 Å². The minimum atomic E-state index is -0.893. The predicted molar refractivity (Wildman–Crippen MR) is 71.3 cm³/mol. The summed E-state index contributed by atoms with van der Waals surface area (Å²) in [6, 6.07) is 4.07. The molecule has 8 nitrogen and oxygen atoms in total. The Bertz CT molecular complexity index is 492. The van der Waals surface area contributed by atoms with Crippen molar-refractivity contribution in [2.45, 2.75) is 25.9 Å². The highest BCUT2D eigenvalue weighted by Gasteiger charge is 2.24. The zero-order valence-corrected chi connectivity index (χ0v) is 11.3. The molecule has 1 amide bonds.